The lowest BCUT2D eigenvalue weighted by molar-refractivity contribution is -0.158. The summed E-state index contributed by atoms with van der Waals surface area (Å²) < 4.78 is 32.9. The molecule has 0 aromatic heterocycles. The van der Waals surface area contributed by atoms with Crippen LogP contribution in [0.15, 0.2) is 54.6 Å². The molecule has 1 aliphatic heterocycles. The number of ether oxygens (including phenoxy) is 1. The summed E-state index contributed by atoms with van der Waals surface area (Å²) in [5.41, 5.74) is 0.0213. The van der Waals surface area contributed by atoms with Crippen molar-refractivity contribution in [2.75, 3.05) is 6.54 Å². The summed E-state index contributed by atoms with van der Waals surface area (Å²) in [6.45, 7) is 8.76. The monoisotopic (exact) mass is 593 g/mol. The highest BCUT2D eigenvalue weighted by atomic mass is 19.1. The van der Waals surface area contributed by atoms with Crippen molar-refractivity contribution in [3.63, 3.8) is 0 Å². The smallest absolute Gasteiger partial charge is 0.323 e. The minimum absolute atomic E-state index is 0.00309. The van der Waals surface area contributed by atoms with E-state index < -0.39 is 53.0 Å². The van der Waals surface area contributed by atoms with Crippen molar-refractivity contribution in [3.05, 3.63) is 82.9 Å². The summed E-state index contributed by atoms with van der Waals surface area (Å²) in [5.74, 6) is -3.48. The van der Waals surface area contributed by atoms with Crippen LogP contribution in [0, 0.1) is 17.6 Å². The second-order valence-corrected chi connectivity index (χ2v) is 12.2. The summed E-state index contributed by atoms with van der Waals surface area (Å²) in [4.78, 5) is 54.2. The van der Waals surface area contributed by atoms with Gasteiger partial charge in [0.1, 0.15) is 23.3 Å². The lowest BCUT2D eigenvalue weighted by Crippen LogP contribution is -2.53. The second kappa shape index (κ2) is 13.0. The van der Waals surface area contributed by atoms with Crippen molar-refractivity contribution in [1.29, 1.82) is 0 Å². The van der Waals surface area contributed by atoms with Gasteiger partial charge in [-0.05, 0) is 80.1 Å². The number of hydrogen-bond donors (Lipinski definition) is 2. The summed E-state index contributed by atoms with van der Waals surface area (Å²) >= 11 is 0. The number of hydrogen-bond acceptors (Lipinski definition) is 6. The van der Waals surface area contributed by atoms with E-state index in [4.69, 9.17) is 4.74 Å². The fraction of sp³-hybridized carbons (Fsp3) is 0.394. The number of amides is 3. The van der Waals surface area contributed by atoms with E-state index in [2.05, 4.69) is 10.6 Å². The van der Waals surface area contributed by atoms with Gasteiger partial charge < -0.3 is 10.1 Å². The minimum atomic E-state index is -1.04. The van der Waals surface area contributed by atoms with Crippen molar-refractivity contribution in [3.8, 4) is 0 Å². The van der Waals surface area contributed by atoms with Gasteiger partial charge in [-0.2, -0.15) is 0 Å². The standard InChI is InChI=1S/C33H37F2N3O5/c1-19(2)12-28(29(39)36-18-20-13-23(34)17-24(35)14-20)37-27(32(42)43-33(3,4)5)10-11-38-30(40)25-15-21-8-6-7-9-22(21)16-26(25)31(38)41/h6-9,13-17,19,27-28,37H,10-12,18H2,1-5H3,(H,36,39)/t27-,28+/m1/s1. The molecule has 3 aromatic rings. The van der Waals surface area contributed by atoms with Crippen LogP contribution in [0.5, 0.6) is 0 Å². The normalized spacial score (nSPS) is 14.7. The molecule has 0 saturated heterocycles. The maximum atomic E-state index is 13.6. The molecule has 3 aromatic carbocycles. The molecule has 0 spiro atoms. The molecule has 2 N–H and O–H groups in total. The molecule has 3 amide bonds. The quantitative estimate of drug-likeness (QED) is 0.236. The minimum Gasteiger partial charge on any atom is -0.459 e. The molecule has 0 saturated carbocycles. The first kappa shape index (κ1) is 31.7. The average molecular weight is 594 g/mol. The molecule has 4 rings (SSSR count). The zero-order chi connectivity index (χ0) is 31.5. The molecule has 0 fully saturated rings. The third kappa shape index (κ3) is 8.01. The average Bonchev–Trinajstić information content (AvgIpc) is 3.14. The zero-order valence-electron chi connectivity index (χ0n) is 25.0. The molecule has 0 unspecified atom stereocenters. The lowest BCUT2D eigenvalue weighted by Gasteiger charge is -2.29. The molecule has 2 atom stereocenters. The zero-order valence-corrected chi connectivity index (χ0v) is 25.0. The molecule has 8 nitrogen and oxygen atoms in total. The number of rotatable bonds is 11. The largest absolute Gasteiger partial charge is 0.459 e. The predicted molar refractivity (Wildman–Crippen MR) is 158 cm³/mol. The first-order chi connectivity index (χ1) is 20.2. The highest BCUT2D eigenvalue weighted by molar-refractivity contribution is 6.23. The van der Waals surface area contributed by atoms with Crippen molar-refractivity contribution in [1.82, 2.24) is 15.5 Å². The van der Waals surface area contributed by atoms with Crippen LogP contribution in [-0.2, 0) is 20.9 Å². The Labute approximate surface area is 249 Å². The summed E-state index contributed by atoms with van der Waals surface area (Å²) in [7, 11) is 0. The fourth-order valence-corrected chi connectivity index (χ4v) is 5.07. The van der Waals surface area contributed by atoms with Gasteiger partial charge in [0.2, 0.25) is 5.91 Å². The number of imide groups is 1. The van der Waals surface area contributed by atoms with Crippen molar-refractivity contribution < 1.29 is 32.7 Å². The SMILES string of the molecule is CC(C)C[C@H](N[C@H](CCN1C(=O)c2cc3ccccc3cc2C1=O)C(=O)OC(C)(C)C)C(=O)NCc1cc(F)cc(F)c1. The molecular formula is C33H37F2N3O5. The van der Waals surface area contributed by atoms with Crippen LogP contribution >= 0.6 is 0 Å². The number of fused-ring (bicyclic) bond motifs is 2. The summed E-state index contributed by atoms with van der Waals surface area (Å²) in [6.07, 6.45) is 0.332. The lowest BCUT2D eigenvalue weighted by atomic mass is 10.0. The van der Waals surface area contributed by atoms with Gasteiger partial charge >= 0.3 is 5.97 Å². The Morgan fingerprint density at radius 1 is 0.884 bits per heavy atom. The van der Waals surface area contributed by atoms with Crippen LogP contribution in [0.2, 0.25) is 0 Å². The predicted octanol–water partition coefficient (Wildman–Crippen LogP) is 5.14. The molecule has 43 heavy (non-hydrogen) atoms. The number of benzene rings is 3. The van der Waals surface area contributed by atoms with Crippen LogP contribution in [-0.4, -0.2) is 52.8 Å². The van der Waals surface area contributed by atoms with Gasteiger partial charge in [0, 0.05) is 19.2 Å². The highest BCUT2D eigenvalue weighted by Gasteiger charge is 2.38. The van der Waals surface area contributed by atoms with E-state index >= 15 is 0 Å². The van der Waals surface area contributed by atoms with Crippen molar-refractivity contribution >= 4 is 34.5 Å². The first-order valence-corrected chi connectivity index (χ1v) is 14.3. The van der Waals surface area contributed by atoms with Gasteiger partial charge in [0.25, 0.3) is 11.8 Å². The molecule has 10 heteroatoms. The number of carbonyl (C=O) groups excluding carboxylic acids is 4. The van der Waals surface area contributed by atoms with E-state index in [0.717, 1.165) is 33.9 Å². The van der Waals surface area contributed by atoms with Gasteiger partial charge in [-0.3, -0.25) is 29.4 Å². The van der Waals surface area contributed by atoms with Crippen LogP contribution in [0.25, 0.3) is 10.8 Å². The molecule has 228 valence electrons. The summed E-state index contributed by atoms with van der Waals surface area (Å²) in [6, 6.07) is 11.9. The van der Waals surface area contributed by atoms with E-state index in [9.17, 15) is 28.0 Å². The number of esters is 1. The Balaban J connectivity index is 1.52. The molecule has 0 radical (unpaired) electrons. The van der Waals surface area contributed by atoms with E-state index in [1.807, 2.05) is 38.1 Å². The molecular weight excluding hydrogens is 556 g/mol. The molecule has 1 heterocycles. The number of nitrogens with one attached hydrogen (secondary N) is 2. The topological polar surface area (TPSA) is 105 Å². The second-order valence-electron chi connectivity index (χ2n) is 12.2. The van der Waals surface area contributed by atoms with Gasteiger partial charge in [0.15, 0.2) is 0 Å². The Bertz CT molecular complexity index is 1470. The number of carbonyl (C=O) groups is 4. The Kier molecular flexibility index (Phi) is 9.59. The third-order valence-electron chi connectivity index (χ3n) is 6.98. The fourth-order valence-electron chi connectivity index (χ4n) is 5.07. The Hall–Kier alpha value is -4.18. The first-order valence-electron chi connectivity index (χ1n) is 14.3. The molecule has 0 aliphatic carbocycles. The summed E-state index contributed by atoms with van der Waals surface area (Å²) in [5, 5.41) is 7.44. The Morgan fingerprint density at radius 3 is 1.95 bits per heavy atom. The van der Waals surface area contributed by atoms with Gasteiger partial charge in [-0.25, -0.2) is 8.78 Å². The van der Waals surface area contributed by atoms with Crippen LogP contribution in [0.4, 0.5) is 8.78 Å². The van der Waals surface area contributed by atoms with Gasteiger partial charge in [-0.1, -0.05) is 38.1 Å². The van der Waals surface area contributed by atoms with Crippen LogP contribution < -0.4 is 10.6 Å². The third-order valence-corrected chi connectivity index (χ3v) is 6.98. The van der Waals surface area contributed by atoms with E-state index in [1.165, 1.54) is 0 Å². The van der Waals surface area contributed by atoms with Crippen LogP contribution in [0.3, 0.4) is 0 Å². The van der Waals surface area contributed by atoms with E-state index in [0.29, 0.717) is 17.5 Å². The van der Waals surface area contributed by atoms with Crippen molar-refractivity contribution in [2.24, 2.45) is 5.92 Å². The molecule has 0 bridgehead atoms. The van der Waals surface area contributed by atoms with E-state index in [1.54, 1.807) is 32.9 Å². The van der Waals surface area contributed by atoms with Crippen LogP contribution in [0.1, 0.15) is 73.7 Å². The number of nitrogens with zero attached hydrogens (tertiary/aromatic N) is 1. The Morgan fingerprint density at radius 2 is 1.44 bits per heavy atom. The van der Waals surface area contributed by atoms with Gasteiger partial charge in [0.05, 0.1) is 17.2 Å². The maximum absolute atomic E-state index is 13.6. The van der Waals surface area contributed by atoms with Crippen molar-refractivity contribution in [2.45, 2.75) is 71.7 Å². The van der Waals surface area contributed by atoms with E-state index in [-0.39, 0.29) is 31.0 Å². The van der Waals surface area contributed by atoms with Gasteiger partial charge in [-0.15, -0.1) is 0 Å². The molecule has 1 aliphatic rings. The maximum Gasteiger partial charge on any atom is 0.323 e. The highest BCUT2D eigenvalue weighted by Crippen LogP contribution is 2.28. The number of halogens is 2.